The van der Waals surface area contributed by atoms with Crippen LogP contribution in [0.25, 0.3) is 6.08 Å². The first kappa shape index (κ1) is 16.3. The Labute approximate surface area is 137 Å². The van der Waals surface area contributed by atoms with Crippen molar-refractivity contribution in [2.45, 2.75) is 27.7 Å². The largest absolute Gasteiger partial charge is 0.233 e. The van der Waals surface area contributed by atoms with Crippen molar-refractivity contribution in [1.29, 1.82) is 0 Å². The zero-order chi connectivity index (χ0) is 16.3. The maximum absolute atomic E-state index is 6.17. The van der Waals surface area contributed by atoms with E-state index in [1.165, 1.54) is 11.1 Å². The molecule has 0 bridgehead atoms. The summed E-state index contributed by atoms with van der Waals surface area (Å²) < 4.78 is 0. The fraction of sp³-hybridized carbons (Fsp3) is 0.211. The first-order valence-corrected chi connectivity index (χ1v) is 7.64. The molecule has 2 nitrogen and oxygen atoms in total. The van der Waals surface area contributed by atoms with Gasteiger partial charge in [0.1, 0.15) is 0 Å². The van der Waals surface area contributed by atoms with E-state index in [-0.39, 0.29) is 0 Å². The Hall–Kier alpha value is -2.06. The van der Waals surface area contributed by atoms with E-state index in [1.807, 2.05) is 38.1 Å². The van der Waals surface area contributed by atoms with Crippen LogP contribution in [-0.4, -0.2) is 10.2 Å². The van der Waals surface area contributed by atoms with Crippen LogP contribution in [0.15, 0.2) is 70.6 Å². The van der Waals surface area contributed by atoms with Gasteiger partial charge in [0.15, 0.2) is 5.17 Å². The van der Waals surface area contributed by atoms with Gasteiger partial charge in [0.25, 0.3) is 0 Å². The Kier molecular flexibility index (Phi) is 5.04. The summed E-state index contributed by atoms with van der Waals surface area (Å²) in [6, 6.07) is 8.30. The third kappa shape index (κ3) is 3.40. The number of nitrogens with zero attached hydrogens (tertiary/aromatic N) is 2. The Balaban J connectivity index is 2.38. The van der Waals surface area contributed by atoms with Gasteiger partial charge in [-0.15, -0.1) is 0 Å². The van der Waals surface area contributed by atoms with E-state index in [0.29, 0.717) is 5.17 Å². The summed E-state index contributed by atoms with van der Waals surface area (Å²) in [5.41, 5.74) is 6.27. The number of aryl methyl sites for hydroxylation is 1. The molecule has 0 saturated carbocycles. The van der Waals surface area contributed by atoms with E-state index >= 15 is 0 Å². The average molecular weight is 313 g/mol. The molecule has 0 saturated heterocycles. The van der Waals surface area contributed by atoms with Crippen LogP contribution in [0, 0.1) is 6.92 Å². The van der Waals surface area contributed by atoms with Gasteiger partial charge in [0.2, 0.25) is 0 Å². The van der Waals surface area contributed by atoms with Gasteiger partial charge in [-0.25, -0.2) is 5.01 Å². The van der Waals surface area contributed by atoms with Crippen molar-refractivity contribution in [3.63, 3.8) is 0 Å². The van der Waals surface area contributed by atoms with E-state index < -0.39 is 0 Å². The highest BCUT2D eigenvalue weighted by Crippen LogP contribution is 2.27. The van der Waals surface area contributed by atoms with Crippen LogP contribution in [0.4, 0.5) is 0 Å². The third-order valence-electron chi connectivity index (χ3n) is 3.63. The predicted molar refractivity (Wildman–Crippen MR) is 96.6 cm³/mol. The number of hydrazone groups is 1. The molecule has 1 heterocycles. The number of hydrogen-bond acceptors (Lipinski definition) is 2. The third-order valence-corrected chi connectivity index (χ3v) is 4.01. The lowest BCUT2D eigenvalue weighted by atomic mass is 10.0. The highest BCUT2D eigenvalue weighted by atomic mass is 35.5. The van der Waals surface area contributed by atoms with Crippen LogP contribution in [0.1, 0.15) is 31.9 Å². The van der Waals surface area contributed by atoms with Crippen LogP contribution in [-0.2, 0) is 0 Å². The van der Waals surface area contributed by atoms with E-state index in [2.05, 4.69) is 43.7 Å². The summed E-state index contributed by atoms with van der Waals surface area (Å²) in [5.74, 6) is 0. The maximum Gasteiger partial charge on any atom is 0.152 e. The Bertz CT molecular complexity index is 721. The second kappa shape index (κ2) is 6.80. The van der Waals surface area contributed by atoms with Crippen LogP contribution in [0.3, 0.4) is 0 Å². The van der Waals surface area contributed by atoms with E-state index in [1.54, 1.807) is 5.01 Å². The summed E-state index contributed by atoms with van der Waals surface area (Å²) in [7, 11) is 0. The van der Waals surface area contributed by atoms with Crippen LogP contribution < -0.4 is 0 Å². The molecule has 22 heavy (non-hydrogen) atoms. The van der Waals surface area contributed by atoms with E-state index in [4.69, 9.17) is 11.6 Å². The summed E-state index contributed by atoms with van der Waals surface area (Å²) in [6.45, 7) is 12.2. The molecular weight excluding hydrogens is 292 g/mol. The fourth-order valence-electron chi connectivity index (χ4n) is 2.38. The van der Waals surface area contributed by atoms with Gasteiger partial charge in [-0.1, -0.05) is 48.5 Å². The first-order valence-electron chi connectivity index (χ1n) is 7.26. The lowest BCUT2D eigenvalue weighted by Gasteiger charge is -2.27. The predicted octanol–water partition coefficient (Wildman–Crippen LogP) is 5.63. The molecule has 114 valence electrons. The quantitative estimate of drug-likeness (QED) is 0.660. The van der Waals surface area contributed by atoms with Crippen molar-refractivity contribution >= 4 is 22.8 Å². The smallest absolute Gasteiger partial charge is 0.152 e. The topological polar surface area (TPSA) is 15.6 Å². The molecule has 0 aliphatic carbocycles. The SMILES string of the molecule is C=C1C=C(C)C(Cl)=NN1C(=C\C)/C(C)=C/c1ccccc1C. The number of hydrogen-bond donors (Lipinski definition) is 0. The summed E-state index contributed by atoms with van der Waals surface area (Å²) in [4.78, 5) is 0. The number of benzene rings is 1. The van der Waals surface area contributed by atoms with Gasteiger partial charge >= 0.3 is 0 Å². The molecule has 0 atom stereocenters. The zero-order valence-corrected chi connectivity index (χ0v) is 14.3. The van der Waals surface area contributed by atoms with E-state index in [0.717, 1.165) is 22.5 Å². The standard InChI is InChI=1S/C19H21ClN2/c1-6-18(22-16(5)11-15(4)19(20)21-22)14(3)12-17-10-8-7-9-13(17)2/h6-12H,5H2,1-4H3/b14-12+,18-6-. The van der Waals surface area contributed by atoms with Crippen molar-refractivity contribution in [2.75, 3.05) is 0 Å². The monoisotopic (exact) mass is 312 g/mol. The van der Waals surface area contributed by atoms with Crippen molar-refractivity contribution in [2.24, 2.45) is 5.10 Å². The second-order valence-electron chi connectivity index (χ2n) is 5.38. The Morgan fingerprint density at radius 2 is 1.95 bits per heavy atom. The second-order valence-corrected chi connectivity index (χ2v) is 5.74. The van der Waals surface area contributed by atoms with Crippen LogP contribution in [0.2, 0.25) is 0 Å². The average Bonchev–Trinajstić information content (AvgIpc) is 2.47. The molecule has 1 aliphatic heterocycles. The summed E-state index contributed by atoms with van der Waals surface area (Å²) in [5, 5.41) is 6.73. The fourth-order valence-corrected chi connectivity index (χ4v) is 2.51. The molecule has 1 aromatic rings. The molecular formula is C19H21ClN2. The van der Waals surface area contributed by atoms with Gasteiger partial charge in [-0.3, -0.25) is 0 Å². The highest BCUT2D eigenvalue weighted by Gasteiger charge is 2.18. The van der Waals surface area contributed by atoms with Crippen LogP contribution >= 0.6 is 11.6 Å². The molecule has 0 radical (unpaired) electrons. The van der Waals surface area contributed by atoms with Gasteiger partial charge < -0.3 is 0 Å². The lowest BCUT2D eigenvalue weighted by Crippen LogP contribution is -2.20. The van der Waals surface area contributed by atoms with Crippen LogP contribution in [0.5, 0.6) is 0 Å². The van der Waals surface area contributed by atoms with Gasteiger partial charge in [0.05, 0.1) is 11.4 Å². The minimum absolute atomic E-state index is 0.496. The van der Waals surface area contributed by atoms with Gasteiger partial charge in [0, 0.05) is 0 Å². The molecule has 3 heteroatoms. The normalized spacial score (nSPS) is 16.6. The Morgan fingerprint density at radius 1 is 1.27 bits per heavy atom. The highest BCUT2D eigenvalue weighted by molar-refractivity contribution is 6.69. The van der Waals surface area contributed by atoms with Crippen molar-refractivity contribution in [3.8, 4) is 0 Å². The Morgan fingerprint density at radius 3 is 2.59 bits per heavy atom. The number of allylic oxidation sites excluding steroid dienone is 4. The molecule has 1 aliphatic rings. The van der Waals surface area contributed by atoms with Crippen molar-refractivity contribution in [1.82, 2.24) is 5.01 Å². The van der Waals surface area contributed by atoms with Crippen molar-refractivity contribution in [3.05, 3.63) is 76.7 Å². The minimum atomic E-state index is 0.496. The first-order chi connectivity index (χ1) is 10.4. The molecule has 0 aromatic heterocycles. The lowest BCUT2D eigenvalue weighted by molar-refractivity contribution is 0.475. The van der Waals surface area contributed by atoms with Crippen molar-refractivity contribution < 1.29 is 0 Å². The summed E-state index contributed by atoms with van der Waals surface area (Å²) in [6.07, 6.45) is 6.13. The molecule has 0 N–H and O–H groups in total. The number of halogens is 1. The molecule has 2 rings (SSSR count). The molecule has 0 spiro atoms. The number of rotatable bonds is 3. The maximum atomic E-state index is 6.17. The molecule has 0 fully saturated rings. The zero-order valence-electron chi connectivity index (χ0n) is 13.5. The van der Waals surface area contributed by atoms with Gasteiger partial charge in [-0.2, -0.15) is 5.10 Å². The molecule has 1 aromatic carbocycles. The summed E-state index contributed by atoms with van der Waals surface area (Å²) >= 11 is 6.17. The molecule has 0 unspecified atom stereocenters. The van der Waals surface area contributed by atoms with E-state index in [9.17, 15) is 0 Å². The minimum Gasteiger partial charge on any atom is -0.233 e. The molecule has 0 amide bonds. The van der Waals surface area contributed by atoms with Gasteiger partial charge in [-0.05, 0) is 62.1 Å².